The van der Waals surface area contributed by atoms with E-state index in [9.17, 15) is 9.59 Å². The SMILES string of the molecule is CN1CCN([C@H]2CC(=O)N(c3cccc4ccccc34)C2=O)CC1. The van der Waals surface area contributed by atoms with Crippen LogP contribution in [0.15, 0.2) is 42.5 Å². The molecule has 0 aliphatic carbocycles. The van der Waals surface area contributed by atoms with E-state index in [-0.39, 0.29) is 24.3 Å². The normalized spacial score (nSPS) is 23.4. The van der Waals surface area contributed by atoms with Gasteiger partial charge in [-0.1, -0.05) is 36.4 Å². The van der Waals surface area contributed by atoms with Gasteiger partial charge in [0.05, 0.1) is 18.2 Å². The van der Waals surface area contributed by atoms with E-state index in [1.165, 1.54) is 4.90 Å². The molecule has 1 atom stereocenters. The Labute approximate surface area is 141 Å². The van der Waals surface area contributed by atoms with Gasteiger partial charge in [0.15, 0.2) is 0 Å². The average Bonchev–Trinajstić information content (AvgIpc) is 2.90. The van der Waals surface area contributed by atoms with E-state index in [1.807, 2.05) is 42.5 Å². The van der Waals surface area contributed by atoms with Crippen molar-refractivity contribution in [2.45, 2.75) is 12.5 Å². The number of piperazine rings is 1. The summed E-state index contributed by atoms with van der Waals surface area (Å²) in [5.41, 5.74) is 0.708. The highest BCUT2D eigenvalue weighted by atomic mass is 16.2. The molecule has 2 aliphatic rings. The topological polar surface area (TPSA) is 43.9 Å². The van der Waals surface area contributed by atoms with Gasteiger partial charge in [0, 0.05) is 31.6 Å². The summed E-state index contributed by atoms with van der Waals surface area (Å²) in [5, 5.41) is 1.99. The van der Waals surface area contributed by atoms with Crippen LogP contribution in [0.1, 0.15) is 6.42 Å². The fourth-order valence-corrected chi connectivity index (χ4v) is 3.69. The van der Waals surface area contributed by atoms with Crippen LogP contribution in [0.4, 0.5) is 5.69 Å². The molecule has 0 unspecified atom stereocenters. The summed E-state index contributed by atoms with van der Waals surface area (Å²) in [5.74, 6) is -0.179. The van der Waals surface area contributed by atoms with Crippen LogP contribution in [-0.4, -0.2) is 60.9 Å². The minimum Gasteiger partial charge on any atom is -0.304 e. The van der Waals surface area contributed by atoms with Gasteiger partial charge < -0.3 is 4.90 Å². The fourth-order valence-electron chi connectivity index (χ4n) is 3.69. The quantitative estimate of drug-likeness (QED) is 0.790. The predicted molar refractivity (Wildman–Crippen MR) is 93.9 cm³/mol. The van der Waals surface area contributed by atoms with Gasteiger partial charge >= 0.3 is 0 Å². The Morgan fingerprint density at radius 1 is 0.917 bits per heavy atom. The fraction of sp³-hybridized carbons (Fsp3) is 0.368. The minimum atomic E-state index is -0.315. The molecule has 4 rings (SSSR count). The van der Waals surface area contributed by atoms with Crippen LogP contribution >= 0.6 is 0 Å². The van der Waals surface area contributed by atoms with E-state index in [4.69, 9.17) is 0 Å². The Morgan fingerprint density at radius 2 is 1.62 bits per heavy atom. The second-order valence-corrected chi connectivity index (χ2v) is 6.62. The van der Waals surface area contributed by atoms with Crippen molar-refractivity contribution >= 4 is 28.3 Å². The van der Waals surface area contributed by atoms with Crippen molar-refractivity contribution in [2.75, 3.05) is 38.1 Å². The summed E-state index contributed by atoms with van der Waals surface area (Å²) in [6, 6.07) is 13.3. The molecule has 24 heavy (non-hydrogen) atoms. The van der Waals surface area contributed by atoms with E-state index in [1.54, 1.807) is 0 Å². The van der Waals surface area contributed by atoms with Crippen LogP contribution in [0.3, 0.4) is 0 Å². The molecule has 2 amide bonds. The third-order valence-electron chi connectivity index (χ3n) is 5.11. The molecule has 0 bridgehead atoms. The Hall–Kier alpha value is -2.24. The predicted octanol–water partition coefficient (Wildman–Crippen LogP) is 1.72. The molecular formula is C19H21N3O2. The summed E-state index contributed by atoms with van der Waals surface area (Å²) in [4.78, 5) is 31.4. The van der Waals surface area contributed by atoms with Gasteiger partial charge in [-0.2, -0.15) is 0 Å². The van der Waals surface area contributed by atoms with Crippen LogP contribution in [0.5, 0.6) is 0 Å². The second kappa shape index (κ2) is 6.00. The van der Waals surface area contributed by atoms with Gasteiger partial charge in [0.25, 0.3) is 5.91 Å². The van der Waals surface area contributed by atoms with Crippen LogP contribution < -0.4 is 4.90 Å². The number of benzene rings is 2. The molecule has 2 aliphatic heterocycles. The lowest BCUT2D eigenvalue weighted by Gasteiger charge is -2.35. The zero-order chi connectivity index (χ0) is 16.7. The van der Waals surface area contributed by atoms with Gasteiger partial charge in [0.1, 0.15) is 0 Å². The highest BCUT2D eigenvalue weighted by Crippen LogP contribution is 2.32. The summed E-state index contributed by atoms with van der Waals surface area (Å²) in [6.45, 7) is 3.55. The number of carbonyl (C=O) groups is 2. The molecule has 124 valence electrons. The molecule has 2 aromatic carbocycles. The molecule has 0 aromatic heterocycles. The van der Waals surface area contributed by atoms with Gasteiger partial charge in [-0.25, -0.2) is 4.90 Å². The van der Waals surface area contributed by atoms with Crippen molar-refractivity contribution in [1.29, 1.82) is 0 Å². The smallest absolute Gasteiger partial charge is 0.251 e. The van der Waals surface area contributed by atoms with Crippen LogP contribution in [0, 0.1) is 0 Å². The molecule has 5 heteroatoms. The van der Waals surface area contributed by atoms with Crippen LogP contribution in [0.2, 0.25) is 0 Å². The summed E-state index contributed by atoms with van der Waals surface area (Å²) < 4.78 is 0. The first-order valence-corrected chi connectivity index (χ1v) is 8.42. The first kappa shape index (κ1) is 15.3. The lowest BCUT2D eigenvalue weighted by atomic mass is 10.1. The van der Waals surface area contributed by atoms with Gasteiger partial charge in [0.2, 0.25) is 5.91 Å². The average molecular weight is 323 g/mol. The molecular weight excluding hydrogens is 302 g/mol. The lowest BCUT2D eigenvalue weighted by molar-refractivity contribution is -0.123. The van der Waals surface area contributed by atoms with Crippen molar-refractivity contribution in [2.24, 2.45) is 0 Å². The third-order valence-corrected chi connectivity index (χ3v) is 5.11. The second-order valence-electron chi connectivity index (χ2n) is 6.62. The number of hydrogen-bond acceptors (Lipinski definition) is 4. The monoisotopic (exact) mass is 323 g/mol. The molecule has 0 N–H and O–H groups in total. The number of amides is 2. The highest BCUT2D eigenvalue weighted by molar-refractivity contribution is 6.25. The maximum absolute atomic E-state index is 13.0. The van der Waals surface area contributed by atoms with E-state index >= 15 is 0 Å². The number of rotatable bonds is 2. The van der Waals surface area contributed by atoms with Gasteiger partial charge in [-0.3, -0.25) is 14.5 Å². The Kier molecular flexibility index (Phi) is 3.82. The number of fused-ring (bicyclic) bond motifs is 1. The maximum atomic E-state index is 13.0. The Bertz CT molecular complexity index is 791. The Balaban J connectivity index is 1.66. The molecule has 2 fully saturated rings. The van der Waals surface area contributed by atoms with E-state index in [0.29, 0.717) is 5.69 Å². The van der Waals surface area contributed by atoms with Crippen molar-refractivity contribution in [1.82, 2.24) is 9.80 Å². The molecule has 0 spiro atoms. The zero-order valence-corrected chi connectivity index (χ0v) is 13.8. The first-order valence-electron chi connectivity index (χ1n) is 8.42. The number of likely N-dealkylation sites (N-methyl/N-ethyl adjacent to an activating group) is 1. The minimum absolute atomic E-state index is 0.0825. The number of nitrogens with zero attached hydrogens (tertiary/aromatic N) is 3. The lowest BCUT2D eigenvalue weighted by Crippen LogP contribution is -2.51. The highest BCUT2D eigenvalue weighted by Gasteiger charge is 2.43. The van der Waals surface area contributed by atoms with Crippen LogP contribution in [0.25, 0.3) is 10.8 Å². The van der Waals surface area contributed by atoms with E-state index < -0.39 is 0 Å². The number of anilines is 1. The molecule has 0 saturated carbocycles. The van der Waals surface area contributed by atoms with Crippen LogP contribution in [-0.2, 0) is 9.59 Å². The Morgan fingerprint density at radius 3 is 2.42 bits per heavy atom. The number of carbonyl (C=O) groups excluding carboxylic acids is 2. The number of imide groups is 1. The standard InChI is InChI=1S/C19H21N3O2/c1-20-9-11-21(12-10-20)17-13-18(23)22(19(17)24)16-8-4-6-14-5-2-3-7-15(14)16/h2-8,17H,9-13H2,1H3/t17-/m0/s1. The van der Waals surface area contributed by atoms with Crippen molar-refractivity contribution < 1.29 is 9.59 Å². The maximum Gasteiger partial charge on any atom is 0.251 e. The molecule has 2 heterocycles. The molecule has 2 saturated heterocycles. The number of hydrogen-bond donors (Lipinski definition) is 0. The largest absolute Gasteiger partial charge is 0.304 e. The van der Waals surface area contributed by atoms with Gasteiger partial charge in [-0.15, -0.1) is 0 Å². The summed E-state index contributed by atoms with van der Waals surface area (Å²) >= 11 is 0. The summed E-state index contributed by atoms with van der Waals surface area (Å²) in [6.07, 6.45) is 0.284. The van der Waals surface area contributed by atoms with Crippen molar-refractivity contribution in [3.05, 3.63) is 42.5 Å². The summed E-state index contributed by atoms with van der Waals surface area (Å²) in [7, 11) is 2.08. The van der Waals surface area contributed by atoms with E-state index in [0.717, 1.165) is 37.0 Å². The van der Waals surface area contributed by atoms with E-state index in [2.05, 4.69) is 16.8 Å². The first-order chi connectivity index (χ1) is 11.6. The van der Waals surface area contributed by atoms with Crippen molar-refractivity contribution in [3.8, 4) is 0 Å². The zero-order valence-electron chi connectivity index (χ0n) is 13.8. The van der Waals surface area contributed by atoms with Crippen molar-refractivity contribution in [3.63, 3.8) is 0 Å². The molecule has 0 radical (unpaired) electrons. The third kappa shape index (κ3) is 2.50. The molecule has 5 nitrogen and oxygen atoms in total. The van der Waals surface area contributed by atoms with Gasteiger partial charge in [-0.05, 0) is 18.5 Å². The molecule has 2 aromatic rings.